The SMILES string of the molecule is CCCCCCCCCCCC(OOP(=O)(O)O)c1ccccc1.[H-].[K+]. The topological polar surface area (TPSA) is 76.0 Å². The van der Waals surface area contributed by atoms with Crippen molar-refractivity contribution in [1.29, 1.82) is 0 Å². The largest absolute Gasteiger partial charge is 1.00 e. The summed E-state index contributed by atoms with van der Waals surface area (Å²) in [6.07, 6.45) is 11.2. The molecule has 25 heavy (non-hydrogen) atoms. The van der Waals surface area contributed by atoms with Gasteiger partial charge in [0.15, 0.2) is 0 Å². The van der Waals surface area contributed by atoms with E-state index in [1.807, 2.05) is 30.3 Å². The van der Waals surface area contributed by atoms with E-state index in [2.05, 4.69) is 11.6 Å². The van der Waals surface area contributed by atoms with Gasteiger partial charge in [-0.15, -0.1) is 4.67 Å². The third-order valence-electron chi connectivity index (χ3n) is 4.00. The molecule has 1 unspecified atom stereocenters. The molecule has 0 bridgehead atoms. The van der Waals surface area contributed by atoms with Crippen molar-refractivity contribution in [1.82, 2.24) is 0 Å². The minimum atomic E-state index is -4.63. The number of rotatable bonds is 14. The van der Waals surface area contributed by atoms with Crippen LogP contribution in [0.2, 0.25) is 0 Å². The van der Waals surface area contributed by atoms with Gasteiger partial charge in [0.2, 0.25) is 0 Å². The second-order valence-electron chi connectivity index (χ2n) is 6.18. The molecule has 0 heterocycles. The van der Waals surface area contributed by atoms with Crippen LogP contribution in [0.15, 0.2) is 30.3 Å². The molecule has 0 saturated carbocycles. The van der Waals surface area contributed by atoms with Gasteiger partial charge in [-0.05, 0) is 12.0 Å². The standard InChI is InChI=1S/C18H31O5P.K.H/c1-2-3-4-5-6-7-8-9-13-16-18(22-23-24(19,20)21)17-14-11-10-12-15-17;;/h10-12,14-15,18H,2-9,13,16H2,1H3,(H2,19,20,21);;/q;+1;-1. The zero-order valence-corrected chi connectivity index (χ0v) is 19.6. The maximum atomic E-state index is 10.8. The van der Waals surface area contributed by atoms with Gasteiger partial charge in [0.1, 0.15) is 6.10 Å². The van der Waals surface area contributed by atoms with Gasteiger partial charge in [-0.2, -0.15) is 0 Å². The second kappa shape index (κ2) is 15.9. The number of hydrogen-bond donors (Lipinski definition) is 2. The predicted molar refractivity (Wildman–Crippen MR) is 96.4 cm³/mol. The van der Waals surface area contributed by atoms with E-state index in [1.54, 1.807) is 0 Å². The molecule has 0 radical (unpaired) electrons. The average molecular weight is 399 g/mol. The molecule has 0 amide bonds. The predicted octanol–water partition coefficient (Wildman–Crippen LogP) is 2.81. The van der Waals surface area contributed by atoms with Crippen molar-refractivity contribution in [2.75, 3.05) is 0 Å². The van der Waals surface area contributed by atoms with Gasteiger partial charge in [-0.1, -0.05) is 95.0 Å². The fourth-order valence-corrected chi connectivity index (χ4v) is 2.90. The van der Waals surface area contributed by atoms with Crippen LogP contribution in [0.1, 0.15) is 84.2 Å². The summed E-state index contributed by atoms with van der Waals surface area (Å²) in [6.45, 7) is 2.22. The molecule has 0 spiro atoms. The fraction of sp³-hybridized carbons (Fsp3) is 0.667. The minimum Gasteiger partial charge on any atom is -1.00 e. The van der Waals surface area contributed by atoms with E-state index in [0.717, 1.165) is 18.4 Å². The minimum absolute atomic E-state index is 0. The zero-order valence-electron chi connectivity index (χ0n) is 16.6. The first-order valence-corrected chi connectivity index (χ1v) is 10.5. The van der Waals surface area contributed by atoms with Crippen LogP contribution in [-0.2, 0) is 14.1 Å². The first-order chi connectivity index (χ1) is 11.5. The monoisotopic (exact) mass is 398 g/mol. The van der Waals surface area contributed by atoms with E-state index in [1.165, 1.54) is 44.9 Å². The molecule has 0 saturated heterocycles. The molecule has 0 aliphatic heterocycles. The van der Waals surface area contributed by atoms with Crippen LogP contribution in [0.25, 0.3) is 0 Å². The molecule has 0 aliphatic carbocycles. The smallest absolute Gasteiger partial charge is 1.00 e. The zero-order chi connectivity index (χ0) is 17.7. The first-order valence-electron chi connectivity index (χ1n) is 8.98. The number of benzene rings is 1. The van der Waals surface area contributed by atoms with Gasteiger partial charge >= 0.3 is 59.2 Å². The van der Waals surface area contributed by atoms with E-state index < -0.39 is 13.9 Å². The van der Waals surface area contributed by atoms with Gasteiger partial charge in [0.05, 0.1) is 0 Å². The number of hydrogen-bond acceptors (Lipinski definition) is 3. The van der Waals surface area contributed by atoms with Crippen molar-refractivity contribution in [3.63, 3.8) is 0 Å². The molecular formula is C18H32KO5P. The molecule has 140 valence electrons. The van der Waals surface area contributed by atoms with Crippen molar-refractivity contribution < 1.29 is 76.7 Å². The molecule has 1 aromatic carbocycles. The fourth-order valence-electron chi connectivity index (χ4n) is 2.69. The van der Waals surface area contributed by atoms with Crippen molar-refractivity contribution in [3.05, 3.63) is 35.9 Å². The van der Waals surface area contributed by atoms with Crippen LogP contribution >= 0.6 is 7.82 Å². The molecule has 5 nitrogen and oxygen atoms in total. The molecule has 0 fully saturated rings. The summed E-state index contributed by atoms with van der Waals surface area (Å²) in [5.74, 6) is 0. The summed E-state index contributed by atoms with van der Waals surface area (Å²) in [7, 11) is -4.63. The van der Waals surface area contributed by atoms with Crippen molar-refractivity contribution >= 4 is 7.82 Å². The maximum absolute atomic E-state index is 10.8. The summed E-state index contributed by atoms with van der Waals surface area (Å²) in [5, 5.41) is 0. The quantitative estimate of drug-likeness (QED) is 0.166. The van der Waals surface area contributed by atoms with Crippen molar-refractivity contribution in [2.45, 2.75) is 77.2 Å². The first kappa shape index (κ1) is 25.9. The summed E-state index contributed by atoms with van der Waals surface area (Å²) in [4.78, 5) is 22.6. The number of phosphoric acid groups is 1. The van der Waals surface area contributed by atoms with Crippen LogP contribution < -0.4 is 51.4 Å². The Kier molecular flexibility index (Phi) is 16.5. The van der Waals surface area contributed by atoms with E-state index >= 15 is 0 Å². The van der Waals surface area contributed by atoms with E-state index in [9.17, 15) is 4.57 Å². The summed E-state index contributed by atoms with van der Waals surface area (Å²) < 4.78 is 15.1. The van der Waals surface area contributed by atoms with Crippen molar-refractivity contribution in [2.24, 2.45) is 0 Å². The van der Waals surface area contributed by atoms with E-state index in [4.69, 9.17) is 14.7 Å². The summed E-state index contributed by atoms with van der Waals surface area (Å²) in [5.41, 5.74) is 0.866. The molecule has 2 N–H and O–H groups in total. The molecule has 0 aliphatic rings. The van der Waals surface area contributed by atoms with Crippen LogP contribution in [0, 0.1) is 0 Å². The van der Waals surface area contributed by atoms with Gasteiger partial charge < -0.3 is 11.2 Å². The Morgan fingerprint density at radius 3 is 2.00 bits per heavy atom. The van der Waals surface area contributed by atoms with Crippen LogP contribution in [0.5, 0.6) is 0 Å². The molecular weight excluding hydrogens is 366 g/mol. The number of unbranched alkanes of at least 4 members (excludes halogenated alkanes) is 8. The Balaban J connectivity index is 0. The molecule has 1 atom stereocenters. The third-order valence-corrected chi connectivity index (χ3v) is 4.28. The third kappa shape index (κ3) is 14.6. The molecule has 1 rings (SSSR count). The Labute approximate surface area is 196 Å². The Morgan fingerprint density at radius 2 is 1.48 bits per heavy atom. The Hall–Kier alpha value is 0.926. The Morgan fingerprint density at radius 1 is 0.960 bits per heavy atom. The van der Waals surface area contributed by atoms with Gasteiger partial charge in [0.25, 0.3) is 0 Å². The Bertz CT molecular complexity index is 472. The van der Waals surface area contributed by atoms with E-state index in [0.29, 0.717) is 6.42 Å². The second-order valence-corrected chi connectivity index (χ2v) is 7.31. The molecule has 0 aromatic heterocycles. The normalized spacial score (nSPS) is 12.6. The average Bonchev–Trinajstić information content (AvgIpc) is 2.56. The van der Waals surface area contributed by atoms with Crippen LogP contribution in [0.3, 0.4) is 0 Å². The van der Waals surface area contributed by atoms with Gasteiger partial charge in [-0.3, -0.25) is 0 Å². The van der Waals surface area contributed by atoms with E-state index in [-0.39, 0.29) is 52.8 Å². The summed E-state index contributed by atoms with van der Waals surface area (Å²) in [6, 6.07) is 9.39. The van der Waals surface area contributed by atoms with Gasteiger partial charge in [-0.25, -0.2) is 9.45 Å². The molecule has 1 aromatic rings. The van der Waals surface area contributed by atoms with Crippen molar-refractivity contribution in [3.8, 4) is 0 Å². The van der Waals surface area contributed by atoms with Crippen LogP contribution in [-0.4, -0.2) is 9.79 Å². The maximum Gasteiger partial charge on any atom is 1.00 e. The van der Waals surface area contributed by atoms with Gasteiger partial charge in [0, 0.05) is 0 Å². The summed E-state index contributed by atoms with van der Waals surface area (Å²) >= 11 is 0. The van der Waals surface area contributed by atoms with Crippen LogP contribution in [0.4, 0.5) is 0 Å². The molecule has 7 heteroatoms.